The summed E-state index contributed by atoms with van der Waals surface area (Å²) < 4.78 is 5.53. The Bertz CT molecular complexity index is 248. The first kappa shape index (κ1) is 14.4. The average molecular weight is 244 g/mol. The molecule has 1 rings (SSSR count). The smallest absolute Gasteiger partial charge is 0.322 e. The molecule has 5 nitrogen and oxygen atoms in total. The van der Waals surface area contributed by atoms with Crippen LogP contribution in [0.1, 0.15) is 27.2 Å². The highest BCUT2D eigenvalue weighted by Crippen LogP contribution is 2.11. The van der Waals surface area contributed by atoms with Gasteiger partial charge in [-0.1, -0.05) is 6.92 Å². The van der Waals surface area contributed by atoms with Gasteiger partial charge in [0.25, 0.3) is 0 Å². The molecule has 0 aromatic carbocycles. The van der Waals surface area contributed by atoms with Crippen LogP contribution in [-0.4, -0.2) is 60.4 Å². The van der Waals surface area contributed by atoms with Crippen LogP contribution in [0.5, 0.6) is 0 Å². The van der Waals surface area contributed by atoms with E-state index in [0.29, 0.717) is 13.2 Å². The maximum absolute atomic E-state index is 11.1. The monoisotopic (exact) mass is 244 g/mol. The summed E-state index contributed by atoms with van der Waals surface area (Å²) in [5.74, 6) is -0.773. The van der Waals surface area contributed by atoms with E-state index in [1.165, 1.54) is 0 Å². The Morgan fingerprint density at radius 2 is 2.29 bits per heavy atom. The quantitative estimate of drug-likeness (QED) is 0.714. The van der Waals surface area contributed by atoms with Gasteiger partial charge >= 0.3 is 5.97 Å². The van der Waals surface area contributed by atoms with E-state index in [1.807, 2.05) is 13.8 Å². The molecule has 3 atom stereocenters. The fraction of sp³-hybridized carbons (Fsp3) is 0.917. The summed E-state index contributed by atoms with van der Waals surface area (Å²) in [6.45, 7) is 8.90. The second kappa shape index (κ2) is 6.93. The van der Waals surface area contributed by atoms with Crippen LogP contribution >= 0.6 is 0 Å². The summed E-state index contributed by atoms with van der Waals surface area (Å²) in [5.41, 5.74) is 0. The minimum absolute atomic E-state index is 0.187. The van der Waals surface area contributed by atoms with Gasteiger partial charge in [-0.3, -0.25) is 9.69 Å². The van der Waals surface area contributed by atoms with E-state index < -0.39 is 12.0 Å². The van der Waals surface area contributed by atoms with Crippen LogP contribution in [0, 0.1) is 0 Å². The number of hydrogen-bond acceptors (Lipinski definition) is 4. The van der Waals surface area contributed by atoms with Crippen LogP contribution in [0.3, 0.4) is 0 Å². The van der Waals surface area contributed by atoms with Crippen molar-refractivity contribution in [1.82, 2.24) is 10.2 Å². The predicted molar refractivity (Wildman–Crippen MR) is 66.2 cm³/mol. The number of ether oxygens (including phenoxy) is 1. The van der Waals surface area contributed by atoms with E-state index in [9.17, 15) is 4.79 Å². The highest BCUT2D eigenvalue weighted by atomic mass is 16.5. The number of carbonyl (C=O) groups is 1. The molecule has 1 aliphatic heterocycles. The van der Waals surface area contributed by atoms with E-state index in [2.05, 4.69) is 17.1 Å². The molecule has 1 fully saturated rings. The molecule has 100 valence electrons. The van der Waals surface area contributed by atoms with Gasteiger partial charge in [-0.15, -0.1) is 0 Å². The summed E-state index contributed by atoms with van der Waals surface area (Å²) in [7, 11) is 0. The lowest BCUT2D eigenvalue weighted by Crippen LogP contribution is -2.54. The summed E-state index contributed by atoms with van der Waals surface area (Å²) in [6, 6.07) is -0.195. The van der Waals surface area contributed by atoms with Crippen molar-refractivity contribution in [3.63, 3.8) is 0 Å². The minimum atomic E-state index is -0.773. The topological polar surface area (TPSA) is 61.8 Å². The predicted octanol–water partition coefficient (Wildman–Crippen LogP) is 0.548. The molecule has 0 spiro atoms. The van der Waals surface area contributed by atoms with Gasteiger partial charge in [-0.25, -0.2) is 0 Å². The molecule has 1 heterocycles. The van der Waals surface area contributed by atoms with Gasteiger partial charge in [0.05, 0.1) is 12.7 Å². The van der Waals surface area contributed by atoms with E-state index >= 15 is 0 Å². The van der Waals surface area contributed by atoms with Crippen LogP contribution in [0.25, 0.3) is 0 Å². The van der Waals surface area contributed by atoms with Gasteiger partial charge in [0.15, 0.2) is 0 Å². The fourth-order valence-electron chi connectivity index (χ4n) is 2.01. The highest BCUT2D eigenvalue weighted by molar-refractivity contribution is 5.73. The zero-order valence-electron chi connectivity index (χ0n) is 11.0. The Balaban J connectivity index is 2.49. The number of nitrogens with one attached hydrogen (secondary N) is 1. The molecule has 0 amide bonds. The molecular formula is C12H24N2O3. The molecule has 0 bridgehead atoms. The number of nitrogens with zero attached hydrogens (tertiary/aromatic N) is 1. The van der Waals surface area contributed by atoms with Crippen molar-refractivity contribution < 1.29 is 14.6 Å². The molecule has 3 unspecified atom stereocenters. The second-order valence-electron chi connectivity index (χ2n) is 4.79. The van der Waals surface area contributed by atoms with E-state index in [4.69, 9.17) is 9.84 Å². The summed E-state index contributed by atoms with van der Waals surface area (Å²) in [5, 5.41) is 12.2. The van der Waals surface area contributed by atoms with Crippen molar-refractivity contribution in [2.75, 3.05) is 26.2 Å². The van der Waals surface area contributed by atoms with Crippen LogP contribution in [0.2, 0.25) is 0 Å². The SMILES string of the molecule is CCCNC(CN1CC(C)OCC1C)C(=O)O. The standard InChI is InChI=1S/C12H24N2O3/c1-4-5-13-11(12(15)16)7-14-6-10(3)17-8-9(14)2/h9-11,13H,4-8H2,1-3H3,(H,15,16). The number of hydrogen-bond donors (Lipinski definition) is 2. The van der Waals surface area contributed by atoms with Crippen LogP contribution in [0.4, 0.5) is 0 Å². The molecule has 0 radical (unpaired) electrons. The summed E-state index contributed by atoms with van der Waals surface area (Å²) in [4.78, 5) is 13.3. The van der Waals surface area contributed by atoms with Crippen molar-refractivity contribution >= 4 is 5.97 Å². The second-order valence-corrected chi connectivity index (χ2v) is 4.79. The Labute approximate surface area is 103 Å². The number of carboxylic acids is 1. The summed E-state index contributed by atoms with van der Waals surface area (Å²) in [6.07, 6.45) is 1.13. The molecule has 17 heavy (non-hydrogen) atoms. The third kappa shape index (κ3) is 4.61. The molecule has 1 aliphatic rings. The first-order valence-corrected chi connectivity index (χ1v) is 6.36. The molecule has 0 aromatic heterocycles. The van der Waals surface area contributed by atoms with Gasteiger partial charge in [-0.05, 0) is 26.8 Å². The number of aliphatic carboxylic acids is 1. The molecular weight excluding hydrogens is 220 g/mol. The maximum atomic E-state index is 11.1. The van der Waals surface area contributed by atoms with Crippen molar-refractivity contribution in [3.05, 3.63) is 0 Å². The van der Waals surface area contributed by atoms with Crippen molar-refractivity contribution in [3.8, 4) is 0 Å². The molecule has 0 saturated carbocycles. The molecule has 0 aliphatic carbocycles. The van der Waals surface area contributed by atoms with Crippen molar-refractivity contribution in [1.29, 1.82) is 0 Å². The Kier molecular flexibility index (Phi) is 5.88. The van der Waals surface area contributed by atoms with E-state index in [-0.39, 0.29) is 12.1 Å². The molecule has 5 heteroatoms. The maximum Gasteiger partial charge on any atom is 0.322 e. The number of rotatable bonds is 6. The van der Waals surface area contributed by atoms with Gasteiger partial charge in [-0.2, -0.15) is 0 Å². The Morgan fingerprint density at radius 1 is 1.59 bits per heavy atom. The van der Waals surface area contributed by atoms with Crippen molar-refractivity contribution in [2.45, 2.75) is 45.4 Å². The lowest BCUT2D eigenvalue weighted by molar-refractivity contribution is -0.141. The number of carboxylic acid groups (broad SMARTS) is 1. The van der Waals surface area contributed by atoms with E-state index in [1.54, 1.807) is 0 Å². The molecule has 1 saturated heterocycles. The molecule has 0 aromatic rings. The fourth-order valence-corrected chi connectivity index (χ4v) is 2.01. The van der Waals surface area contributed by atoms with Crippen LogP contribution in [-0.2, 0) is 9.53 Å². The van der Waals surface area contributed by atoms with Gasteiger partial charge in [0.2, 0.25) is 0 Å². The first-order chi connectivity index (χ1) is 8.04. The summed E-state index contributed by atoms with van der Waals surface area (Å²) >= 11 is 0. The Morgan fingerprint density at radius 3 is 2.88 bits per heavy atom. The third-order valence-electron chi connectivity index (χ3n) is 3.09. The van der Waals surface area contributed by atoms with Crippen LogP contribution in [0.15, 0.2) is 0 Å². The first-order valence-electron chi connectivity index (χ1n) is 6.36. The third-order valence-corrected chi connectivity index (χ3v) is 3.09. The molecule has 2 N–H and O–H groups in total. The average Bonchev–Trinajstić information content (AvgIpc) is 2.28. The lowest BCUT2D eigenvalue weighted by Gasteiger charge is -2.38. The lowest BCUT2D eigenvalue weighted by atomic mass is 10.1. The van der Waals surface area contributed by atoms with Gasteiger partial charge in [0, 0.05) is 19.1 Å². The number of morpholine rings is 1. The van der Waals surface area contributed by atoms with E-state index in [0.717, 1.165) is 19.5 Å². The largest absolute Gasteiger partial charge is 0.480 e. The Hall–Kier alpha value is -0.650. The zero-order valence-corrected chi connectivity index (χ0v) is 11.0. The minimum Gasteiger partial charge on any atom is -0.480 e. The van der Waals surface area contributed by atoms with Gasteiger partial charge < -0.3 is 15.2 Å². The van der Waals surface area contributed by atoms with Crippen LogP contribution < -0.4 is 5.32 Å². The highest BCUT2D eigenvalue weighted by Gasteiger charge is 2.28. The van der Waals surface area contributed by atoms with Gasteiger partial charge in [0.1, 0.15) is 6.04 Å². The van der Waals surface area contributed by atoms with Crippen molar-refractivity contribution in [2.24, 2.45) is 0 Å². The normalized spacial score (nSPS) is 27.9. The zero-order chi connectivity index (χ0) is 12.8.